The second-order valence-electron chi connectivity index (χ2n) is 17.3. The van der Waals surface area contributed by atoms with Crippen molar-refractivity contribution in [3.63, 3.8) is 0 Å². The van der Waals surface area contributed by atoms with Gasteiger partial charge in [-0.05, 0) is 62.1 Å². The Morgan fingerprint density at radius 3 is 2.27 bits per heavy atom. The minimum Gasteiger partial charge on any atom is -0.456 e. The van der Waals surface area contributed by atoms with E-state index in [1.807, 2.05) is 0 Å². The van der Waals surface area contributed by atoms with Gasteiger partial charge in [0.25, 0.3) is 0 Å². The molecule has 2 aromatic carbocycles. The van der Waals surface area contributed by atoms with E-state index in [-0.39, 0.29) is 35.4 Å². The van der Waals surface area contributed by atoms with E-state index in [1.165, 1.54) is 52.0 Å². The van der Waals surface area contributed by atoms with E-state index in [0.717, 1.165) is 13.8 Å². The fraction of sp³-hybridized carbons (Fsp3) is 0.511. The van der Waals surface area contributed by atoms with Crippen LogP contribution in [0.4, 0.5) is 5.69 Å². The number of fused-ring (bicyclic) bond motifs is 5. The fourth-order valence-electron chi connectivity index (χ4n) is 9.93. The zero-order chi connectivity index (χ0) is 46.4. The fourth-order valence-corrected chi connectivity index (χ4v) is 9.93. The lowest BCUT2D eigenvalue weighted by Gasteiger charge is -2.67. The molecule has 1 amide bonds. The van der Waals surface area contributed by atoms with E-state index >= 15 is 4.79 Å². The molecule has 0 spiro atoms. The van der Waals surface area contributed by atoms with Gasteiger partial charge in [-0.25, -0.2) is 9.59 Å². The Morgan fingerprint density at radius 1 is 1.00 bits per heavy atom. The Hall–Kier alpha value is -5.91. The summed E-state index contributed by atoms with van der Waals surface area (Å²) in [5.41, 5.74) is 1.56. The van der Waals surface area contributed by atoms with Crippen molar-refractivity contribution in [3.05, 3.63) is 99.0 Å². The van der Waals surface area contributed by atoms with Gasteiger partial charge in [-0.3, -0.25) is 19.2 Å². The van der Waals surface area contributed by atoms with Crippen LogP contribution < -0.4 is 5.32 Å². The number of carbonyl (C=O) groups excluding carboxylic acids is 6. The minimum atomic E-state index is -2.47. The molecule has 18 nitrogen and oxygen atoms in total. The SMILES string of the molecule is CC=C(C)C(=O)N[C@@H](c1ccccc1)[C@@H](O)C(=O)O[C@H]1C[C@@]2(O)[C@@H](OC(=O)c3cccc(N=[N+]=[N-])c3)C3[C@](C)(C(=O)[C@H](OC(C)=O)C(=C1C)C2(C)C)[C@@H](O)C[C@H]1OC[C@@]31OC(C)=O. The number of nitrogens with one attached hydrogen (secondary N) is 1. The number of ether oxygens (including phenoxy) is 5. The Balaban J connectivity index is 1.57. The lowest BCUT2D eigenvalue weighted by molar-refractivity contribution is -0.346. The Labute approximate surface area is 363 Å². The third-order valence-electron chi connectivity index (χ3n) is 13.5. The highest BCUT2D eigenvalue weighted by Crippen LogP contribution is 2.64. The van der Waals surface area contributed by atoms with Crippen LogP contribution in [-0.2, 0) is 47.7 Å². The number of Topliss-reactive ketones (excluding diaryl/α,β-unsaturated/α-hetero) is 1. The highest BCUT2D eigenvalue weighted by Gasteiger charge is 2.78. The first kappa shape index (κ1) is 46.6. The number of hydrogen-bond donors (Lipinski definition) is 4. The second-order valence-corrected chi connectivity index (χ2v) is 17.3. The molecule has 1 unspecified atom stereocenters. The summed E-state index contributed by atoms with van der Waals surface area (Å²) in [6, 6.07) is 12.3. The third-order valence-corrected chi connectivity index (χ3v) is 13.5. The highest BCUT2D eigenvalue weighted by molar-refractivity contribution is 5.96. The lowest BCUT2D eigenvalue weighted by atomic mass is 9.44. The van der Waals surface area contributed by atoms with Crippen LogP contribution in [0.1, 0.15) is 90.2 Å². The molecule has 18 heteroatoms. The van der Waals surface area contributed by atoms with Crippen LogP contribution in [-0.4, -0.2) is 105 Å². The molecule has 1 heterocycles. The molecule has 0 aromatic heterocycles. The summed E-state index contributed by atoms with van der Waals surface area (Å²) >= 11 is 0. The van der Waals surface area contributed by atoms with Crippen molar-refractivity contribution in [2.75, 3.05) is 6.61 Å². The summed E-state index contributed by atoms with van der Waals surface area (Å²) in [6.45, 7) is 10.9. The predicted molar refractivity (Wildman–Crippen MR) is 220 cm³/mol. The van der Waals surface area contributed by atoms with Crippen LogP contribution >= 0.6 is 0 Å². The van der Waals surface area contributed by atoms with Crippen molar-refractivity contribution in [1.82, 2.24) is 5.32 Å². The molecule has 1 aliphatic heterocycles. The van der Waals surface area contributed by atoms with Crippen LogP contribution in [0.25, 0.3) is 10.4 Å². The molecule has 3 fully saturated rings. The number of esters is 4. The minimum absolute atomic E-state index is 0.0414. The first-order chi connectivity index (χ1) is 29.6. The molecule has 4 N–H and O–H groups in total. The number of azide groups is 1. The first-order valence-corrected chi connectivity index (χ1v) is 20.5. The number of allylic oxidation sites excluding steroid dienone is 1. The van der Waals surface area contributed by atoms with Crippen LogP contribution in [0.5, 0.6) is 0 Å². The zero-order valence-electron chi connectivity index (χ0n) is 36.2. The summed E-state index contributed by atoms with van der Waals surface area (Å²) in [5, 5.41) is 43.7. The van der Waals surface area contributed by atoms with Crippen LogP contribution in [0.15, 0.2) is 82.5 Å². The largest absolute Gasteiger partial charge is 0.456 e. The van der Waals surface area contributed by atoms with Crippen molar-refractivity contribution in [2.45, 2.75) is 122 Å². The van der Waals surface area contributed by atoms with Gasteiger partial charge in [0.05, 0.1) is 35.6 Å². The number of aliphatic hydroxyl groups excluding tert-OH is 2. The third kappa shape index (κ3) is 7.90. The smallest absolute Gasteiger partial charge is 0.338 e. The zero-order valence-corrected chi connectivity index (χ0v) is 36.2. The van der Waals surface area contributed by atoms with Crippen LogP contribution in [0.2, 0.25) is 0 Å². The number of amides is 1. The van der Waals surface area contributed by atoms with Gasteiger partial charge in [0, 0.05) is 48.3 Å². The summed E-state index contributed by atoms with van der Waals surface area (Å²) in [6.07, 6.45) is -9.37. The van der Waals surface area contributed by atoms with E-state index in [0.29, 0.717) is 11.1 Å². The summed E-state index contributed by atoms with van der Waals surface area (Å²) < 4.78 is 30.2. The average molecular weight is 873 g/mol. The highest BCUT2D eigenvalue weighted by atomic mass is 16.6. The monoisotopic (exact) mass is 872 g/mol. The maximum absolute atomic E-state index is 15.5. The Bertz CT molecular complexity index is 2320. The van der Waals surface area contributed by atoms with E-state index in [4.69, 9.17) is 29.2 Å². The number of nitrogens with zero attached hydrogens (tertiary/aromatic N) is 3. The average Bonchev–Trinajstić information content (AvgIpc) is 3.23. The van der Waals surface area contributed by atoms with E-state index < -0.39 is 113 Å². The van der Waals surface area contributed by atoms with E-state index in [2.05, 4.69) is 15.3 Å². The Morgan fingerprint density at radius 2 is 1.68 bits per heavy atom. The normalized spacial score (nSPS) is 31.7. The molecular weight excluding hydrogens is 821 g/mol. The molecule has 336 valence electrons. The van der Waals surface area contributed by atoms with Crippen molar-refractivity contribution in [1.29, 1.82) is 0 Å². The van der Waals surface area contributed by atoms with Crippen LogP contribution in [0.3, 0.4) is 0 Å². The van der Waals surface area contributed by atoms with Gasteiger partial charge in [0.1, 0.15) is 23.9 Å². The van der Waals surface area contributed by atoms with Gasteiger partial charge in [-0.2, -0.15) is 0 Å². The molecular formula is C45H52N4O14. The standard InChI is InChI=1S/C45H52N4O14/c1-9-22(2)39(55)47-33(26-14-11-10-12-15-26)34(53)41(57)61-29-20-45(58)38(62-40(56)27-16-13-17-28(18-27)48-49-46)36-43(8,30(52)19-31-44(36,21-59-31)63-25(5)51)37(54)35(60-24(4)50)32(23(29)3)42(45,6)7/h9-18,29-31,33-36,38,52-53,58H,19-21H2,1-8H3,(H,47,55)/t29-,30-,31+,33-,34+,35+,36?,38-,43+,44-,45+/m0/s1. The first-order valence-electron chi connectivity index (χ1n) is 20.5. The van der Waals surface area contributed by atoms with Gasteiger partial charge in [0.15, 0.2) is 23.6 Å². The van der Waals surface area contributed by atoms with Crippen LogP contribution in [0, 0.1) is 16.7 Å². The van der Waals surface area contributed by atoms with Crippen molar-refractivity contribution < 1.29 is 67.8 Å². The topological polar surface area (TPSA) is 270 Å². The summed E-state index contributed by atoms with van der Waals surface area (Å²) in [4.78, 5) is 86.1. The quantitative estimate of drug-likeness (QED) is 0.0466. The van der Waals surface area contributed by atoms with Crippen molar-refractivity contribution in [3.8, 4) is 0 Å². The number of aliphatic hydroxyl groups is 3. The summed E-state index contributed by atoms with van der Waals surface area (Å²) in [7, 11) is 0. The molecule has 63 heavy (non-hydrogen) atoms. The molecule has 11 atom stereocenters. The van der Waals surface area contributed by atoms with Gasteiger partial charge >= 0.3 is 23.9 Å². The Kier molecular flexibility index (Phi) is 12.8. The molecule has 3 aliphatic carbocycles. The van der Waals surface area contributed by atoms with Gasteiger partial charge in [0.2, 0.25) is 5.91 Å². The van der Waals surface area contributed by atoms with Gasteiger partial charge in [-0.15, -0.1) is 0 Å². The number of rotatable bonds is 11. The van der Waals surface area contributed by atoms with Gasteiger partial charge < -0.3 is 44.3 Å². The molecule has 2 aromatic rings. The molecule has 1 saturated heterocycles. The molecule has 0 radical (unpaired) electrons. The maximum atomic E-state index is 15.5. The predicted octanol–water partition coefficient (Wildman–Crippen LogP) is 4.33. The molecule has 4 aliphatic rings. The van der Waals surface area contributed by atoms with Crippen molar-refractivity contribution in [2.24, 2.45) is 21.9 Å². The number of ketones is 1. The van der Waals surface area contributed by atoms with Crippen molar-refractivity contribution >= 4 is 41.3 Å². The molecule has 2 bridgehead atoms. The number of benzene rings is 2. The molecule has 2 saturated carbocycles. The number of carbonyl (C=O) groups is 6. The lowest BCUT2D eigenvalue weighted by Crippen LogP contribution is -2.82. The maximum Gasteiger partial charge on any atom is 0.338 e. The second kappa shape index (κ2) is 17.3. The number of hydrogen-bond acceptors (Lipinski definition) is 15. The summed E-state index contributed by atoms with van der Waals surface area (Å²) in [5.74, 6) is -7.21. The molecule has 6 rings (SSSR count). The van der Waals surface area contributed by atoms with Gasteiger partial charge in [-0.1, -0.05) is 67.5 Å². The van der Waals surface area contributed by atoms with E-state index in [1.54, 1.807) is 50.3 Å². The van der Waals surface area contributed by atoms with E-state index in [9.17, 15) is 39.3 Å².